The molecule has 1 aromatic heterocycles. The van der Waals surface area contributed by atoms with Crippen LogP contribution < -0.4 is 5.73 Å². The summed E-state index contributed by atoms with van der Waals surface area (Å²) >= 11 is 5.65. The molecule has 1 heterocycles. The van der Waals surface area contributed by atoms with Gasteiger partial charge in [0.25, 0.3) is 0 Å². The number of benzene rings is 1. The normalized spacial score (nSPS) is 10.2. The summed E-state index contributed by atoms with van der Waals surface area (Å²) in [6, 6.07) is 9.57. The van der Waals surface area contributed by atoms with Crippen molar-refractivity contribution in [1.82, 2.24) is 15.0 Å². The Morgan fingerprint density at radius 1 is 1.07 bits per heavy atom. The van der Waals surface area contributed by atoms with Crippen molar-refractivity contribution < 1.29 is 0 Å². The molecule has 0 atom stereocenters. The van der Waals surface area contributed by atoms with Crippen molar-refractivity contribution in [2.24, 2.45) is 0 Å². The average molecular weight is 221 g/mol. The molecule has 2 N–H and O–H groups in total. The predicted octanol–water partition coefficient (Wildman–Crippen LogP) is 1.86. The molecule has 0 amide bonds. The second-order valence-electron chi connectivity index (χ2n) is 2.93. The largest absolute Gasteiger partial charge is 0.368 e. The Labute approximate surface area is 92.2 Å². The van der Waals surface area contributed by atoms with Crippen LogP contribution in [-0.2, 0) is 5.88 Å². The molecule has 0 saturated heterocycles. The SMILES string of the molecule is Nc1nc(CCl)nc(-c2ccccc2)n1. The molecular formula is C10H9ClN4. The fourth-order valence-electron chi connectivity index (χ4n) is 1.21. The molecule has 0 bridgehead atoms. The molecule has 0 aliphatic carbocycles. The van der Waals surface area contributed by atoms with Gasteiger partial charge in [-0.2, -0.15) is 9.97 Å². The minimum absolute atomic E-state index is 0.194. The van der Waals surface area contributed by atoms with Gasteiger partial charge in [0.15, 0.2) is 5.82 Å². The van der Waals surface area contributed by atoms with Crippen LogP contribution in [-0.4, -0.2) is 15.0 Å². The van der Waals surface area contributed by atoms with Gasteiger partial charge in [-0.25, -0.2) is 4.98 Å². The van der Waals surface area contributed by atoms with Gasteiger partial charge in [0.2, 0.25) is 5.95 Å². The Morgan fingerprint density at radius 3 is 2.47 bits per heavy atom. The summed E-state index contributed by atoms with van der Waals surface area (Å²) < 4.78 is 0. The Morgan fingerprint density at radius 2 is 1.80 bits per heavy atom. The maximum Gasteiger partial charge on any atom is 0.223 e. The van der Waals surface area contributed by atoms with Gasteiger partial charge in [-0.1, -0.05) is 30.3 Å². The number of hydrogen-bond acceptors (Lipinski definition) is 4. The molecule has 0 unspecified atom stereocenters. The van der Waals surface area contributed by atoms with Crippen molar-refractivity contribution >= 4 is 17.5 Å². The molecule has 0 spiro atoms. The standard InChI is InChI=1S/C10H9ClN4/c11-6-8-13-9(15-10(12)14-8)7-4-2-1-3-5-7/h1-5H,6H2,(H2,12,13,14,15). The zero-order chi connectivity index (χ0) is 10.7. The van der Waals surface area contributed by atoms with E-state index in [9.17, 15) is 0 Å². The smallest absolute Gasteiger partial charge is 0.223 e. The number of nitrogens with two attached hydrogens (primary N) is 1. The number of halogens is 1. The molecule has 5 heteroatoms. The molecule has 0 saturated carbocycles. The van der Waals surface area contributed by atoms with Gasteiger partial charge in [-0.05, 0) is 0 Å². The lowest BCUT2D eigenvalue weighted by Gasteiger charge is -2.02. The predicted molar refractivity (Wildman–Crippen MR) is 59.2 cm³/mol. The number of nitrogens with zero attached hydrogens (tertiary/aromatic N) is 3. The first-order valence-electron chi connectivity index (χ1n) is 4.41. The number of aromatic nitrogens is 3. The number of rotatable bonds is 2. The van der Waals surface area contributed by atoms with Crippen molar-refractivity contribution in [3.8, 4) is 11.4 Å². The van der Waals surface area contributed by atoms with Crippen molar-refractivity contribution in [2.75, 3.05) is 5.73 Å². The quantitative estimate of drug-likeness (QED) is 0.785. The summed E-state index contributed by atoms with van der Waals surface area (Å²) in [5.74, 6) is 1.47. The zero-order valence-corrected chi connectivity index (χ0v) is 8.65. The van der Waals surface area contributed by atoms with E-state index in [1.165, 1.54) is 0 Å². The van der Waals surface area contributed by atoms with Crippen LogP contribution in [0.15, 0.2) is 30.3 Å². The van der Waals surface area contributed by atoms with Crippen LogP contribution in [0.2, 0.25) is 0 Å². The molecule has 0 fully saturated rings. The number of alkyl halides is 1. The summed E-state index contributed by atoms with van der Waals surface area (Å²) in [4.78, 5) is 12.1. The first-order valence-corrected chi connectivity index (χ1v) is 4.95. The number of nitrogen functional groups attached to an aromatic ring is 1. The Hall–Kier alpha value is -1.68. The third-order valence-electron chi connectivity index (χ3n) is 1.85. The molecule has 2 rings (SSSR count). The molecule has 4 nitrogen and oxygen atoms in total. The molecule has 0 aliphatic heterocycles. The van der Waals surface area contributed by atoms with Gasteiger partial charge in [-0.3, -0.25) is 0 Å². The third kappa shape index (κ3) is 2.22. The van der Waals surface area contributed by atoms with E-state index in [0.29, 0.717) is 11.6 Å². The van der Waals surface area contributed by atoms with Gasteiger partial charge < -0.3 is 5.73 Å². The van der Waals surface area contributed by atoms with Crippen LogP contribution in [0.25, 0.3) is 11.4 Å². The lowest BCUT2D eigenvalue weighted by Crippen LogP contribution is -2.03. The highest BCUT2D eigenvalue weighted by atomic mass is 35.5. The topological polar surface area (TPSA) is 64.7 Å². The van der Waals surface area contributed by atoms with E-state index in [-0.39, 0.29) is 11.8 Å². The summed E-state index contributed by atoms with van der Waals surface area (Å²) in [5, 5.41) is 0. The van der Waals surface area contributed by atoms with E-state index < -0.39 is 0 Å². The molecule has 0 radical (unpaired) electrons. The van der Waals surface area contributed by atoms with Gasteiger partial charge in [0.05, 0.1) is 5.88 Å². The van der Waals surface area contributed by atoms with E-state index in [2.05, 4.69) is 15.0 Å². The van der Waals surface area contributed by atoms with Gasteiger partial charge in [0, 0.05) is 5.56 Å². The lowest BCUT2D eigenvalue weighted by atomic mass is 10.2. The van der Waals surface area contributed by atoms with E-state index in [0.717, 1.165) is 5.56 Å². The molecular weight excluding hydrogens is 212 g/mol. The van der Waals surface area contributed by atoms with Gasteiger partial charge in [-0.15, -0.1) is 11.6 Å². The minimum atomic E-state index is 0.194. The van der Waals surface area contributed by atoms with Crippen LogP contribution >= 0.6 is 11.6 Å². The average Bonchev–Trinajstić information content (AvgIpc) is 2.29. The van der Waals surface area contributed by atoms with E-state index in [1.54, 1.807) is 0 Å². The summed E-state index contributed by atoms with van der Waals surface area (Å²) in [7, 11) is 0. The molecule has 76 valence electrons. The molecule has 2 aromatic rings. The van der Waals surface area contributed by atoms with Crippen molar-refractivity contribution in [3.63, 3.8) is 0 Å². The summed E-state index contributed by atoms with van der Waals surface area (Å²) in [6.07, 6.45) is 0. The first-order chi connectivity index (χ1) is 7.29. The highest BCUT2D eigenvalue weighted by molar-refractivity contribution is 6.16. The fourth-order valence-corrected chi connectivity index (χ4v) is 1.33. The monoisotopic (exact) mass is 220 g/mol. The van der Waals surface area contributed by atoms with E-state index in [4.69, 9.17) is 17.3 Å². The van der Waals surface area contributed by atoms with Crippen LogP contribution in [0, 0.1) is 0 Å². The number of anilines is 1. The van der Waals surface area contributed by atoms with Gasteiger partial charge >= 0.3 is 0 Å². The van der Waals surface area contributed by atoms with Crippen LogP contribution in [0.4, 0.5) is 5.95 Å². The lowest BCUT2D eigenvalue weighted by molar-refractivity contribution is 0.980. The van der Waals surface area contributed by atoms with Crippen molar-refractivity contribution in [1.29, 1.82) is 0 Å². The molecule has 0 aliphatic rings. The van der Waals surface area contributed by atoms with Crippen LogP contribution in [0.1, 0.15) is 5.82 Å². The Kier molecular flexibility index (Phi) is 2.78. The van der Waals surface area contributed by atoms with Crippen LogP contribution in [0.5, 0.6) is 0 Å². The maximum absolute atomic E-state index is 5.65. The second-order valence-corrected chi connectivity index (χ2v) is 3.20. The fraction of sp³-hybridized carbons (Fsp3) is 0.100. The minimum Gasteiger partial charge on any atom is -0.368 e. The zero-order valence-electron chi connectivity index (χ0n) is 7.89. The van der Waals surface area contributed by atoms with Crippen molar-refractivity contribution in [2.45, 2.75) is 5.88 Å². The molecule has 15 heavy (non-hydrogen) atoms. The summed E-state index contributed by atoms with van der Waals surface area (Å²) in [6.45, 7) is 0. The Bertz CT molecular complexity index is 458. The Balaban J connectivity index is 2.49. The van der Waals surface area contributed by atoms with E-state index >= 15 is 0 Å². The van der Waals surface area contributed by atoms with Crippen LogP contribution in [0.3, 0.4) is 0 Å². The second kappa shape index (κ2) is 4.23. The number of hydrogen-bond donors (Lipinski definition) is 1. The first kappa shape index (κ1) is 9.86. The highest BCUT2D eigenvalue weighted by Crippen LogP contribution is 2.14. The summed E-state index contributed by atoms with van der Waals surface area (Å²) in [5.41, 5.74) is 6.45. The highest BCUT2D eigenvalue weighted by Gasteiger charge is 2.04. The van der Waals surface area contributed by atoms with E-state index in [1.807, 2.05) is 30.3 Å². The molecule has 1 aromatic carbocycles. The van der Waals surface area contributed by atoms with Crippen molar-refractivity contribution in [3.05, 3.63) is 36.2 Å². The maximum atomic E-state index is 5.65. The third-order valence-corrected chi connectivity index (χ3v) is 2.09. The van der Waals surface area contributed by atoms with Gasteiger partial charge in [0.1, 0.15) is 5.82 Å².